The highest BCUT2D eigenvalue weighted by atomic mass is 16.5. The van der Waals surface area contributed by atoms with Gasteiger partial charge in [-0.15, -0.1) is 0 Å². The number of fused-ring (bicyclic) bond motifs is 1. The molecule has 0 saturated heterocycles. The molecule has 4 heteroatoms. The van der Waals surface area contributed by atoms with Gasteiger partial charge in [0.25, 0.3) is 5.91 Å². The summed E-state index contributed by atoms with van der Waals surface area (Å²) in [6, 6.07) is 21.5. The average Bonchev–Trinajstić information content (AvgIpc) is 2.71. The van der Waals surface area contributed by atoms with Crippen LogP contribution in [0.3, 0.4) is 0 Å². The molecule has 4 nitrogen and oxygen atoms in total. The van der Waals surface area contributed by atoms with Crippen LogP contribution in [0, 0.1) is 0 Å². The van der Waals surface area contributed by atoms with Gasteiger partial charge >= 0.3 is 0 Å². The Kier molecular flexibility index (Phi) is 6.32. The number of hydrogen-bond donors (Lipinski definition) is 2. The first-order valence-electron chi connectivity index (χ1n) is 9.69. The fourth-order valence-corrected chi connectivity index (χ4v) is 3.27. The molecule has 0 aliphatic heterocycles. The van der Waals surface area contributed by atoms with Crippen molar-refractivity contribution in [2.45, 2.75) is 32.3 Å². The van der Waals surface area contributed by atoms with Crippen LogP contribution in [0.2, 0.25) is 0 Å². The molecule has 3 rings (SSSR count). The van der Waals surface area contributed by atoms with Crippen LogP contribution in [0.25, 0.3) is 10.8 Å². The van der Waals surface area contributed by atoms with E-state index in [1.165, 1.54) is 5.56 Å². The van der Waals surface area contributed by atoms with Gasteiger partial charge in [0.15, 0.2) is 0 Å². The Labute approximate surface area is 166 Å². The Hall–Kier alpha value is -2.85. The Morgan fingerprint density at radius 1 is 1.04 bits per heavy atom. The second kappa shape index (κ2) is 8.89. The maximum absolute atomic E-state index is 13.0. The van der Waals surface area contributed by atoms with Crippen molar-refractivity contribution in [1.29, 1.82) is 0 Å². The zero-order chi connectivity index (χ0) is 20.0. The molecule has 1 atom stereocenters. The van der Waals surface area contributed by atoms with Gasteiger partial charge in [-0.05, 0) is 49.1 Å². The van der Waals surface area contributed by atoms with E-state index in [1.807, 2.05) is 73.7 Å². The molecule has 1 amide bonds. The normalized spacial score (nSPS) is 13.1. The van der Waals surface area contributed by atoms with Gasteiger partial charge in [0.1, 0.15) is 5.75 Å². The molecule has 2 N–H and O–H groups in total. The highest BCUT2D eigenvalue weighted by Crippen LogP contribution is 2.28. The Morgan fingerprint density at radius 3 is 2.50 bits per heavy atom. The molecule has 3 aromatic rings. The standard InChI is InChI=1S/C24H27NO3/c1-3-28-21-14-13-19-11-7-8-12-20(19)22(21)23(26)25-17-24(2,27)16-15-18-9-5-4-6-10-18/h4-14,27H,3,15-17H2,1-2H3,(H,25,26). The predicted octanol–water partition coefficient (Wildman–Crippen LogP) is 4.35. The van der Waals surface area contributed by atoms with Gasteiger partial charge < -0.3 is 15.2 Å². The van der Waals surface area contributed by atoms with Crippen LogP contribution < -0.4 is 10.1 Å². The molecule has 0 aromatic heterocycles. The van der Waals surface area contributed by atoms with E-state index in [4.69, 9.17) is 4.74 Å². The van der Waals surface area contributed by atoms with E-state index in [2.05, 4.69) is 5.32 Å². The molecule has 0 saturated carbocycles. The number of benzene rings is 3. The van der Waals surface area contributed by atoms with Gasteiger partial charge in [-0.25, -0.2) is 0 Å². The van der Waals surface area contributed by atoms with Crippen LogP contribution in [0.1, 0.15) is 36.2 Å². The number of hydrogen-bond acceptors (Lipinski definition) is 3. The van der Waals surface area contributed by atoms with Crippen molar-refractivity contribution < 1.29 is 14.6 Å². The quantitative estimate of drug-likeness (QED) is 0.613. The highest BCUT2D eigenvalue weighted by Gasteiger charge is 2.23. The third-order valence-corrected chi connectivity index (χ3v) is 4.84. The summed E-state index contributed by atoms with van der Waals surface area (Å²) in [4.78, 5) is 13.0. The lowest BCUT2D eigenvalue weighted by atomic mass is 9.96. The Morgan fingerprint density at radius 2 is 1.75 bits per heavy atom. The summed E-state index contributed by atoms with van der Waals surface area (Å²) in [6.45, 7) is 4.30. The molecule has 0 heterocycles. The molecule has 0 spiro atoms. The molecular weight excluding hydrogens is 350 g/mol. The van der Waals surface area contributed by atoms with E-state index in [-0.39, 0.29) is 12.5 Å². The fraction of sp³-hybridized carbons (Fsp3) is 0.292. The number of ether oxygens (including phenoxy) is 1. The van der Waals surface area contributed by atoms with Crippen LogP contribution in [-0.4, -0.2) is 29.8 Å². The zero-order valence-corrected chi connectivity index (χ0v) is 16.4. The van der Waals surface area contributed by atoms with Gasteiger partial charge in [0.2, 0.25) is 0 Å². The van der Waals surface area contributed by atoms with Crippen LogP contribution in [0.4, 0.5) is 0 Å². The molecule has 0 radical (unpaired) electrons. The summed E-state index contributed by atoms with van der Waals surface area (Å²) in [5.41, 5.74) is 0.683. The summed E-state index contributed by atoms with van der Waals surface area (Å²) in [5, 5.41) is 15.4. The lowest BCUT2D eigenvalue weighted by Crippen LogP contribution is -2.41. The number of carbonyl (C=O) groups is 1. The van der Waals surface area contributed by atoms with Crippen molar-refractivity contribution in [3.8, 4) is 5.75 Å². The van der Waals surface area contributed by atoms with Crippen LogP contribution in [-0.2, 0) is 6.42 Å². The van der Waals surface area contributed by atoms with E-state index in [0.717, 1.165) is 17.2 Å². The van der Waals surface area contributed by atoms with Gasteiger partial charge in [0, 0.05) is 6.54 Å². The SMILES string of the molecule is CCOc1ccc2ccccc2c1C(=O)NCC(C)(O)CCc1ccccc1. The third kappa shape index (κ3) is 4.90. The zero-order valence-electron chi connectivity index (χ0n) is 16.4. The van der Waals surface area contributed by atoms with Crippen molar-refractivity contribution in [2.24, 2.45) is 0 Å². The number of carbonyl (C=O) groups excluding carboxylic acids is 1. The topological polar surface area (TPSA) is 58.6 Å². The monoisotopic (exact) mass is 377 g/mol. The maximum Gasteiger partial charge on any atom is 0.255 e. The molecule has 146 valence electrons. The van der Waals surface area contributed by atoms with Gasteiger partial charge in [-0.3, -0.25) is 4.79 Å². The van der Waals surface area contributed by atoms with Crippen LogP contribution in [0.15, 0.2) is 66.7 Å². The highest BCUT2D eigenvalue weighted by molar-refractivity contribution is 6.09. The summed E-state index contributed by atoms with van der Waals surface area (Å²) in [7, 11) is 0. The molecular formula is C24H27NO3. The molecule has 0 aliphatic carbocycles. The molecule has 28 heavy (non-hydrogen) atoms. The first-order chi connectivity index (χ1) is 13.5. The first-order valence-corrected chi connectivity index (χ1v) is 9.69. The lowest BCUT2D eigenvalue weighted by molar-refractivity contribution is 0.0478. The Balaban J connectivity index is 1.72. The minimum atomic E-state index is -0.998. The second-order valence-corrected chi connectivity index (χ2v) is 7.26. The minimum Gasteiger partial charge on any atom is -0.493 e. The van der Waals surface area contributed by atoms with Gasteiger partial charge in [-0.1, -0.05) is 60.7 Å². The number of nitrogens with one attached hydrogen (secondary N) is 1. The number of aliphatic hydroxyl groups is 1. The van der Waals surface area contributed by atoms with Crippen molar-refractivity contribution >= 4 is 16.7 Å². The lowest BCUT2D eigenvalue weighted by Gasteiger charge is -2.24. The second-order valence-electron chi connectivity index (χ2n) is 7.26. The number of aryl methyl sites for hydroxylation is 1. The number of rotatable bonds is 8. The molecule has 1 unspecified atom stereocenters. The van der Waals surface area contributed by atoms with E-state index >= 15 is 0 Å². The van der Waals surface area contributed by atoms with E-state index in [9.17, 15) is 9.90 Å². The van der Waals surface area contributed by atoms with Crippen molar-refractivity contribution in [2.75, 3.05) is 13.2 Å². The maximum atomic E-state index is 13.0. The molecule has 0 aliphatic rings. The largest absolute Gasteiger partial charge is 0.493 e. The summed E-state index contributed by atoms with van der Waals surface area (Å²) < 4.78 is 5.68. The summed E-state index contributed by atoms with van der Waals surface area (Å²) in [6.07, 6.45) is 1.31. The summed E-state index contributed by atoms with van der Waals surface area (Å²) in [5.74, 6) is 0.322. The van der Waals surface area contributed by atoms with Gasteiger partial charge in [-0.2, -0.15) is 0 Å². The van der Waals surface area contributed by atoms with Crippen molar-refractivity contribution in [3.63, 3.8) is 0 Å². The third-order valence-electron chi connectivity index (χ3n) is 4.84. The van der Waals surface area contributed by atoms with Crippen LogP contribution in [0.5, 0.6) is 5.75 Å². The Bertz CT molecular complexity index is 935. The predicted molar refractivity (Wildman–Crippen MR) is 113 cm³/mol. The molecule has 0 bridgehead atoms. The summed E-state index contributed by atoms with van der Waals surface area (Å²) >= 11 is 0. The van der Waals surface area contributed by atoms with E-state index in [0.29, 0.717) is 24.3 Å². The molecule has 0 fully saturated rings. The van der Waals surface area contributed by atoms with Gasteiger partial charge in [0.05, 0.1) is 17.8 Å². The van der Waals surface area contributed by atoms with Crippen molar-refractivity contribution in [1.82, 2.24) is 5.32 Å². The van der Waals surface area contributed by atoms with Crippen molar-refractivity contribution in [3.05, 3.63) is 77.9 Å². The fourth-order valence-electron chi connectivity index (χ4n) is 3.27. The minimum absolute atomic E-state index is 0.174. The first kappa shape index (κ1) is 19.9. The smallest absolute Gasteiger partial charge is 0.255 e. The molecule has 3 aromatic carbocycles. The van der Waals surface area contributed by atoms with Crippen LogP contribution >= 0.6 is 0 Å². The average molecular weight is 377 g/mol. The van der Waals surface area contributed by atoms with E-state index < -0.39 is 5.60 Å². The number of amides is 1. The van der Waals surface area contributed by atoms with E-state index in [1.54, 1.807) is 6.92 Å².